The molecule has 2 aromatic carbocycles. The van der Waals surface area contributed by atoms with Gasteiger partial charge in [0.2, 0.25) is 15.9 Å². The van der Waals surface area contributed by atoms with Crippen molar-refractivity contribution in [2.24, 2.45) is 5.92 Å². The second kappa shape index (κ2) is 7.46. The molecule has 2 aromatic rings. The Bertz CT molecular complexity index is 1050. The predicted molar refractivity (Wildman–Crippen MR) is 103 cm³/mol. The van der Waals surface area contributed by atoms with Crippen LogP contribution in [0.5, 0.6) is 0 Å². The van der Waals surface area contributed by atoms with E-state index in [9.17, 15) is 26.4 Å². The third kappa shape index (κ3) is 4.30. The van der Waals surface area contributed by atoms with Gasteiger partial charge in [0.15, 0.2) is 0 Å². The summed E-state index contributed by atoms with van der Waals surface area (Å²) in [6.07, 6.45) is -4.17. The Morgan fingerprint density at radius 3 is 2.41 bits per heavy atom. The molecule has 2 atom stereocenters. The average Bonchev–Trinajstić information content (AvgIpc) is 3.43. The van der Waals surface area contributed by atoms with Crippen molar-refractivity contribution in [3.05, 3.63) is 59.2 Å². The Balaban J connectivity index is 1.79. The minimum atomic E-state index is -4.48. The number of alkyl halides is 3. The summed E-state index contributed by atoms with van der Waals surface area (Å²) in [5.74, 6) is -1.53. The van der Waals surface area contributed by atoms with Gasteiger partial charge in [0, 0.05) is 25.7 Å². The van der Waals surface area contributed by atoms with Crippen molar-refractivity contribution in [1.29, 1.82) is 0 Å². The van der Waals surface area contributed by atoms with E-state index < -0.39 is 39.5 Å². The second-order valence-corrected chi connectivity index (χ2v) is 9.41. The van der Waals surface area contributed by atoms with Crippen LogP contribution in [0.3, 0.4) is 0 Å². The van der Waals surface area contributed by atoms with Gasteiger partial charge in [0.1, 0.15) is 0 Å². The van der Waals surface area contributed by atoms with E-state index in [1.54, 1.807) is 19.1 Å². The molecule has 5 nitrogen and oxygen atoms in total. The highest BCUT2D eigenvalue weighted by atomic mass is 32.2. The van der Waals surface area contributed by atoms with Crippen LogP contribution >= 0.6 is 0 Å². The van der Waals surface area contributed by atoms with Gasteiger partial charge < -0.3 is 5.32 Å². The number of carbonyl (C=O) groups is 1. The summed E-state index contributed by atoms with van der Waals surface area (Å²) >= 11 is 0. The molecule has 0 aromatic heterocycles. The number of nitrogens with zero attached hydrogens (tertiary/aromatic N) is 1. The SMILES string of the molecule is Cc1ccc(NC(=O)C2CC2c2ccccc2C(F)(F)F)cc1S(=O)(=O)N(C)C. The molecule has 0 aliphatic heterocycles. The highest BCUT2D eigenvalue weighted by molar-refractivity contribution is 7.89. The van der Waals surface area contributed by atoms with Gasteiger partial charge in [0.25, 0.3) is 0 Å². The zero-order valence-electron chi connectivity index (χ0n) is 16.1. The first kappa shape index (κ1) is 21.3. The molecule has 0 saturated heterocycles. The third-order valence-electron chi connectivity index (χ3n) is 5.01. The van der Waals surface area contributed by atoms with Crippen LogP contribution in [0, 0.1) is 12.8 Å². The third-order valence-corrected chi connectivity index (χ3v) is 6.96. The number of carbonyl (C=O) groups excluding carboxylic acids is 1. The maximum absolute atomic E-state index is 13.2. The Labute approximate surface area is 167 Å². The minimum Gasteiger partial charge on any atom is -0.326 e. The van der Waals surface area contributed by atoms with Crippen LogP contribution in [-0.2, 0) is 21.0 Å². The van der Waals surface area contributed by atoms with Crippen LogP contribution in [0.25, 0.3) is 0 Å². The summed E-state index contributed by atoms with van der Waals surface area (Å²) in [5.41, 5.74) is 0.200. The van der Waals surface area contributed by atoms with E-state index in [2.05, 4.69) is 5.32 Å². The normalized spacial score (nSPS) is 19.3. The molecule has 1 amide bonds. The molecule has 1 aliphatic rings. The van der Waals surface area contributed by atoms with Gasteiger partial charge in [-0.25, -0.2) is 12.7 Å². The number of hydrogen-bond acceptors (Lipinski definition) is 3. The Hall–Kier alpha value is -2.39. The number of nitrogens with one attached hydrogen (secondary N) is 1. The smallest absolute Gasteiger partial charge is 0.326 e. The Morgan fingerprint density at radius 1 is 1.14 bits per heavy atom. The van der Waals surface area contributed by atoms with Crippen molar-refractivity contribution in [3.8, 4) is 0 Å². The van der Waals surface area contributed by atoms with E-state index in [4.69, 9.17) is 0 Å². The number of sulfonamides is 1. The fourth-order valence-corrected chi connectivity index (χ4v) is 4.44. The van der Waals surface area contributed by atoms with Gasteiger partial charge in [-0.05, 0) is 48.6 Å². The summed E-state index contributed by atoms with van der Waals surface area (Å²) in [6, 6.07) is 9.77. The van der Waals surface area contributed by atoms with Gasteiger partial charge in [0.05, 0.1) is 10.5 Å². The molecule has 1 N–H and O–H groups in total. The second-order valence-electron chi connectivity index (χ2n) is 7.29. The molecular weight excluding hydrogens is 405 g/mol. The lowest BCUT2D eigenvalue weighted by Crippen LogP contribution is -2.23. The number of benzene rings is 2. The molecule has 0 spiro atoms. The quantitative estimate of drug-likeness (QED) is 0.786. The maximum atomic E-state index is 13.2. The van der Waals surface area contributed by atoms with Crippen molar-refractivity contribution < 1.29 is 26.4 Å². The zero-order chi connectivity index (χ0) is 21.6. The van der Waals surface area contributed by atoms with E-state index in [-0.39, 0.29) is 16.1 Å². The monoisotopic (exact) mass is 426 g/mol. The molecule has 156 valence electrons. The van der Waals surface area contributed by atoms with E-state index in [0.29, 0.717) is 12.0 Å². The van der Waals surface area contributed by atoms with E-state index in [1.165, 1.54) is 38.4 Å². The molecule has 0 bridgehead atoms. The van der Waals surface area contributed by atoms with E-state index in [0.717, 1.165) is 10.4 Å². The topological polar surface area (TPSA) is 66.5 Å². The zero-order valence-corrected chi connectivity index (χ0v) is 16.9. The van der Waals surface area contributed by atoms with Crippen LogP contribution in [0.4, 0.5) is 18.9 Å². The van der Waals surface area contributed by atoms with Gasteiger partial charge in [-0.1, -0.05) is 24.3 Å². The Kier molecular flexibility index (Phi) is 5.48. The first-order valence-corrected chi connectivity index (χ1v) is 10.4. The molecule has 29 heavy (non-hydrogen) atoms. The van der Waals surface area contributed by atoms with Gasteiger partial charge in [-0.15, -0.1) is 0 Å². The van der Waals surface area contributed by atoms with Crippen LogP contribution < -0.4 is 5.32 Å². The van der Waals surface area contributed by atoms with E-state index >= 15 is 0 Å². The molecule has 1 aliphatic carbocycles. The first-order chi connectivity index (χ1) is 13.4. The first-order valence-electron chi connectivity index (χ1n) is 8.93. The summed E-state index contributed by atoms with van der Waals surface area (Å²) in [7, 11) is -0.870. The lowest BCUT2D eigenvalue weighted by molar-refractivity contribution is -0.138. The number of rotatable bonds is 5. The molecule has 1 saturated carbocycles. The average molecular weight is 426 g/mol. The number of anilines is 1. The van der Waals surface area contributed by atoms with Crippen LogP contribution in [0.15, 0.2) is 47.4 Å². The molecule has 0 heterocycles. The standard InChI is InChI=1S/C20H21F3N2O3S/c1-12-8-9-13(10-18(12)29(27,28)25(2)3)24-19(26)16-11-15(16)14-6-4-5-7-17(14)20(21,22)23/h4-10,15-16H,11H2,1-3H3,(H,24,26). The largest absolute Gasteiger partial charge is 0.416 e. The molecule has 3 rings (SSSR count). The van der Waals surface area contributed by atoms with Crippen LogP contribution in [0.1, 0.15) is 29.0 Å². The summed E-state index contributed by atoms with van der Waals surface area (Å²) in [5, 5.41) is 2.64. The van der Waals surface area contributed by atoms with Crippen molar-refractivity contribution in [2.45, 2.75) is 30.3 Å². The Morgan fingerprint density at radius 2 is 1.79 bits per heavy atom. The molecule has 1 fully saturated rings. The highest BCUT2D eigenvalue weighted by Crippen LogP contribution is 2.51. The predicted octanol–water partition coefficient (Wildman–Crippen LogP) is 4.01. The lowest BCUT2D eigenvalue weighted by atomic mass is 10.0. The fraction of sp³-hybridized carbons (Fsp3) is 0.350. The van der Waals surface area contributed by atoms with Gasteiger partial charge in [-0.3, -0.25) is 4.79 Å². The minimum absolute atomic E-state index is 0.0649. The molecule has 2 unspecified atom stereocenters. The summed E-state index contributed by atoms with van der Waals surface area (Å²) in [4.78, 5) is 12.6. The number of halogens is 3. The molecule has 0 radical (unpaired) electrons. The van der Waals surface area contributed by atoms with Crippen molar-refractivity contribution in [2.75, 3.05) is 19.4 Å². The number of hydrogen-bond donors (Lipinski definition) is 1. The van der Waals surface area contributed by atoms with Crippen molar-refractivity contribution in [3.63, 3.8) is 0 Å². The van der Waals surface area contributed by atoms with Crippen LogP contribution in [-0.4, -0.2) is 32.7 Å². The van der Waals surface area contributed by atoms with Gasteiger partial charge >= 0.3 is 6.18 Å². The van der Waals surface area contributed by atoms with Gasteiger partial charge in [-0.2, -0.15) is 13.2 Å². The fourth-order valence-electron chi connectivity index (χ4n) is 3.29. The number of amides is 1. The summed E-state index contributed by atoms with van der Waals surface area (Å²) in [6.45, 7) is 1.65. The molecule has 9 heteroatoms. The highest BCUT2D eigenvalue weighted by Gasteiger charge is 2.47. The van der Waals surface area contributed by atoms with Crippen molar-refractivity contribution >= 4 is 21.6 Å². The lowest BCUT2D eigenvalue weighted by Gasteiger charge is -2.15. The van der Waals surface area contributed by atoms with E-state index in [1.807, 2.05) is 0 Å². The summed E-state index contributed by atoms with van der Waals surface area (Å²) < 4.78 is 65.5. The van der Waals surface area contributed by atoms with Crippen LogP contribution in [0.2, 0.25) is 0 Å². The maximum Gasteiger partial charge on any atom is 0.416 e. The number of aryl methyl sites for hydroxylation is 1. The van der Waals surface area contributed by atoms with Crippen molar-refractivity contribution in [1.82, 2.24) is 4.31 Å². The molecular formula is C20H21F3N2O3S.